The minimum Gasteiger partial charge on any atom is -0.240 e. The molecule has 0 atom stereocenters. The zero-order valence-corrected chi connectivity index (χ0v) is 18.8. The summed E-state index contributed by atoms with van der Waals surface area (Å²) in [6, 6.07) is 24.2. The van der Waals surface area contributed by atoms with Crippen molar-refractivity contribution < 1.29 is 16.8 Å². The summed E-state index contributed by atoms with van der Waals surface area (Å²) in [7, 11) is -7.26. The fourth-order valence-electron chi connectivity index (χ4n) is 3.21. The molecule has 1 heterocycles. The van der Waals surface area contributed by atoms with Crippen LogP contribution in [0.1, 0.15) is 5.56 Å². The van der Waals surface area contributed by atoms with Crippen LogP contribution in [-0.2, 0) is 26.4 Å². The molecule has 4 aromatic rings. The first-order valence-electron chi connectivity index (χ1n) is 9.73. The fourth-order valence-corrected chi connectivity index (χ4v) is 4.85. The van der Waals surface area contributed by atoms with Crippen LogP contribution < -0.4 is 4.72 Å². The van der Waals surface area contributed by atoms with Crippen LogP contribution in [0.15, 0.2) is 101 Å². The lowest BCUT2D eigenvalue weighted by molar-refractivity contribution is 0.580. The van der Waals surface area contributed by atoms with Crippen molar-refractivity contribution in [1.82, 2.24) is 14.5 Å². The number of para-hydroxylation sites is 1. The Morgan fingerprint density at radius 2 is 1.34 bits per heavy atom. The summed E-state index contributed by atoms with van der Waals surface area (Å²) >= 11 is 0. The predicted molar refractivity (Wildman–Crippen MR) is 123 cm³/mol. The third kappa shape index (κ3) is 4.80. The van der Waals surface area contributed by atoms with Gasteiger partial charge in [-0.25, -0.2) is 26.2 Å². The van der Waals surface area contributed by atoms with Gasteiger partial charge in [-0.3, -0.25) is 0 Å². The highest BCUT2D eigenvalue weighted by Gasteiger charge is 2.18. The average molecular weight is 468 g/mol. The Bertz CT molecular complexity index is 1430. The van der Waals surface area contributed by atoms with Crippen molar-refractivity contribution in [2.45, 2.75) is 16.3 Å². The molecular formula is C23H21N3O4S2. The smallest absolute Gasteiger partial charge is 0.240 e. The first kappa shape index (κ1) is 21.9. The summed E-state index contributed by atoms with van der Waals surface area (Å²) < 4.78 is 53.2. The summed E-state index contributed by atoms with van der Waals surface area (Å²) in [6.07, 6.45) is 2.87. The van der Waals surface area contributed by atoms with E-state index in [9.17, 15) is 16.8 Å². The van der Waals surface area contributed by atoms with E-state index >= 15 is 0 Å². The van der Waals surface area contributed by atoms with E-state index in [0.29, 0.717) is 11.3 Å². The number of hydrogen-bond acceptors (Lipinski definition) is 5. The van der Waals surface area contributed by atoms with E-state index in [4.69, 9.17) is 0 Å². The molecule has 0 saturated heterocycles. The molecule has 0 radical (unpaired) electrons. The molecule has 0 spiro atoms. The lowest BCUT2D eigenvalue weighted by atomic mass is 10.1. The molecule has 0 saturated carbocycles. The second-order valence-electron chi connectivity index (χ2n) is 7.22. The van der Waals surface area contributed by atoms with E-state index in [2.05, 4.69) is 9.82 Å². The van der Waals surface area contributed by atoms with Crippen molar-refractivity contribution >= 4 is 19.9 Å². The Hall–Kier alpha value is -3.27. The highest BCUT2D eigenvalue weighted by atomic mass is 32.2. The molecule has 0 bridgehead atoms. The molecule has 9 heteroatoms. The van der Waals surface area contributed by atoms with E-state index in [1.165, 1.54) is 24.3 Å². The second kappa shape index (κ2) is 8.70. The first-order valence-corrected chi connectivity index (χ1v) is 13.1. The monoisotopic (exact) mass is 467 g/mol. The molecule has 7 nitrogen and oxygen atoms in total. The standard InChI is InChI=1S/C23H21N3O4S2/c1-31(27,28)21-12-14-22(15-13-21)32(29,30)24-16-19-17-26(20-10-6-3-7-11-20)25-23(19)18-8-4-2-5-9-18/h2-15,17,24H,16H2,1H3. The minimum atomic E-state index is -3.86. The third-order valence-electron chi connectivity index (χ3n) is 4.87. The van der Waals surface area contributed by atoms with Crippen molar-refractivity contribution in [2.75, 3.05) is 6.26 Å². The maximum atomic E-state index is 12.8. The van der Waals surface area contributed by atoms with Gasteiger partial charge in [0.2, 0.25) is 10.0 Å². The van der Waals surface area contributed by atoms with E-state index in [1.54, 1.807) is 10.9 Å². The van der Waals surface area contributed by atoms with Crippen LogP contribution in [0.3, 0.4) is 0 Å². The van der Waals surface area contributed by atoms with Gasteiger partial charge in [0.15, 0.2) is 9.84 Å². The summed E-state index contributed by atoms with van der Waals surface area (Å²) in [5.41, 5.74) is 3.10. The van der Waals surface area contributed by atoms with E-state index in [0.717, 1.165) is 17.5 Å². The molecule has 0 aliphatic heterocycles. The Balaban J connectivity index is 1.64. The molecule has 4 rings (SSSR count). The van der Waals surface area contributed by atoms with Gasteiger partial charge in [0, 0.05) is 30.1 Å². The maximum absolute atomic E-state index is 12.8. The van der Waals surface area contributed by atoms with Gasteiger partial charge < -0.3 is 0 Å². The molecule has 1 aromatic heterocycles. The van der Waals surface area contributed by atoms with Gasteiger partial charge >= 0.3 is 0 Å². The SMILES string of the molecule is CS(=O)(=O)c1ccc(S(=O)(=O)NCc2cn(-c3ccccc3)nc2-c2ccccc2)cc1. The van der Waals surface area contributed by atoms with Crippen molar-refractivity contribution in [3.8, 4) is 16.9 Å². The summed E-state index contributed by atoms with van der Waals surface area (Å²) in [5.74, 6) is 0. The lowest BCUT2D eigenvalue weighted by Crippen LogP contribution is -2.23. The molecule has 0 aliphatic rings. The Morgan fingerprint density at radius 3 is 1.94 bits per heavy atom. The average Bonchev–Trinajstić information content (AvgIpc) is 3.23. The van der Waals surface area contributed by atoms with Gasteiger partial charge in [-0.1, -0.05) is 48.5 Å². The molecule has 1 N–H and O–H groups in total. The van der Waals surface area contributed by atoms with Crippen LogP contribution in [0.4, 0.5) is 0 Å². The van der Waals surface area contributed by atoms with Crippen molar-refractivity contribution in [2.24, 2.45) is 0 Å². The van der Waals surface area contributed by atoms with Gasteiger partial charge in [0.05, 0.1) is 21.2 Å². The van der Waals surface area contributed by atoms with Gasteiger partial charge in [-0.05, 0) is 36.4 Å². The van der Waals surface area contributed by atoms with Gasteiger partial charge in [0.1, 0.15) is 0 Å². The fraction of sp³-hybridized carbons (Fsp3) is 0.0870. The van der Waals surface area contributed by atoms with Crippen LogP contribution in [-0.4, -0.2) is 32.9 Å². The molecule has 0 amide bonds. The number of nitrogens with zero attached hydrogens (tertiary/aromatic N) is 2. The largest absolute Gasteiger partial charge is 0.240 e. The van der Waals surface area contributed by atoms with Crippen LogP contribution in [0, 0.1) is 0 Å². The Morgan fingerprint density at radius 1 is 0.781 bits per heavy atom. The Labute approximate surface area is 187 Å². The van der Waals surface area contributed by atoms with Crippen LogP contribution in [0.25, 0.3) is 16.9 Å². The molecule has 3 aromatic carbocycles. The number of hydrogen-bond donors (Lipinski definition) is 1. The van der Waals surface area contributed by atoms with Gasteiger partial charge in [-0.15, -0.1) is 0 Å². The molecule has 164 valence electrons. The first-order chi connectivity index (χ1) is 15.2. The number of rotatable bonds is 7. The molecular weight excluding hydrogens is 446 g/mol. The number of sulfonamides is 1. The predicted octanol–water partition coefficient (Wildman–Crippen LogP) is 3.42. The Kier molecular flexibility index (Phi) is 5.96. The number of benzene rings is 3. The van der Waals surface area contributed by atoms with Gasteiger partial charge in [-0.2, -0.15) is 5.10 Å². The molecule has 0 aliphatic carbocycles. The number of aromatic nitrogens is 2. The topological polar surface area (TPSA) is 98.1 Å². The normalized spacial score (nSPS) is 12.0. The van der Waals surface area contributed by atoms with E-state index in [-0.39, 0.29) is 16.3 Å². The molecule has 0 unspecified atom stereocenters. The number of nitrogens with one attached hydrogen (secondary N) is 1. The van der Waals surface area contributed by atoms with E-state index < -0.39 is 19.9 Å². The summed E-state index contributed by atoms with van der Waals surface area (Å²) in [6.45, 7) is 0.0211. The van der Waals surface area contributed by atoms with Crippen LogP contribution in [0.5, 0.6) is 0 Å². The van der Waals surface area contributed by atoms with Crippen molar-refractivity contribution in [3.05, 3.63) is 96.7 Å². The second-order valence-corrected chi connectivity index (χ2v) is 11.0. The zero-order chi connectivity index (χ0) is 22.8. The lowest BCUT2D eigenvalue weighted by Gasteiger charge is -2.08. The van der Waals surface area contributed by atoms with Gasteiger partial charge in [0.25, 0.3) is 0 Å². The zero-order valence-electron chi connectivity index (χ0n) is 17.2. The summed E-state index contributed by atoms with van der Waals surface area (Å²) in [5, 5.41) is 4.68. The number of sulfone groups is 1. The summed E-state index contributed by atoms with van der Waals surface area (Å²) in [4.78, 5) is 0.0496. The highest BCUT2D eigenvalue weighted by Crippen LogP contribution is 2.24. The molecule has 0 fully saturated rings. The third-order valence-corrected chi connectivity index (χ3v) is 7.42. The van der Waals surface area contributed by atoms with Crippen LogP contribution in [0.2, 0.25) is 0 Å². The van der Waals surface area contributed by atoms with Crippen molar-refractivity contribution in [3.63, 3.8) is 0 Å². The highest BCUT2D eigenvalue weighted by molar-refractivity contribution is 7.90. The minimum absolute atomic E-state index is 0.0124. The maximum Gasteiger partial charge on any atom is 0.240 e. The van der Waals surface area contributed by atoms with Crippen LogP contribution >= 0.6 is 0 Å². The molecule has 32 heavy (non-hydrogen) atoms. The quantitative estimate of drug-likeness (QED) is 0.449. The van der Waals surface area contributed by atoms with Crippen molar-refractivity contribution in [1.29, 1.82) is 0 Å². The van der Waals surface area contributed by atoms with E-state index in [1.807, 2.05) is 60.7 Å².